The second-order valence-electron chi connectivity index (χ2n) is 7.69. The summed E-state index contributed by atoms with van der Waals surface area (Å²) in [5, 5.41) is 0. The molecule has 2 nitrogen and oxygen atoms in total. The summed E-state index contributed by atoms with van der Waals surface area (Å²) in [4.78, 5) is 24.0. The first kappa shape index (κ1) is 13.2. The van der Waals surface area contributed by atoms with Gasteiger partial charge in [-0.1, -0.05) is 32.1 Å². The van der Waals surface area contributed by atoms with E-state index in [4.69, 9.17) is 0 Å². The fraction of sp³-hybridized carbons (Fsp3) is 0.579. The molecule has 0 aromatic carbocycles. The maximum absolute atomic E-state index is 12.3. The van der Waals surface area contributed by atoms with E-state index in [-0.39, 0.29) is 16.6 Å². The highest BCUT2D eigenvalue weighted by Gasteiger charge is 2.57. The minimum atomic E-state index is -0.0999. The summed E-state index contributed by atoms with van der Waals surface area (Å²) in [6, 6.07) is 0. The standard InChI is InChI=1S/C19H22O2/c1-18-9-7-13(20)11-12(18)3-4-14-15-5-6-17(21)19(15,2)10-8-16(14)18/h3-4,7,9,11,14-16H,5-6,8,10H2,1-2H3/t14-,15-,16+,18-,19+/m0/s1. The van der Waals surface area contributed by atoms with Gasteiger partial charge in [0.1, 0.15) is 5.78 Å². The van der Waals surface area contributed by atoms with E-state index in [0.29, 0.717) is 23.5 Å². The van der Waals surface area contributed by atoms with Crippen LogP contribution in [0.2, 0.25) is 0 Å². The lowest BCUT2D eigenvalue weighted by Crippen LogP contribution is -2.48. The molecule has 0 amide bonds. The van der Waals surface area contributed by atoms with Crippen molar-refractivity contribution in [1.82, 2.24) is 0 Å². The predicted molar refractivity (Wildman–Crippen MR) is 81.5 cm³/mol. The number of fused-ring (bicyclic) bond motifs is 5. The average molecular weight is 282 g/mol. The molecule has 4 aliphatic carbocycles. The molecule has 0 radical (unpaired) electrons. The van der Waals surface area contributed by atoms with Crippen LogP contribution in [0.15, 0.2) is 36.0 Å². The summed E-state index contributed by atoms with van der Waals surface area (Å²) in [7, 11) is 0. The van der Waals surface area contributed by atoms with Gasteiger partial charge in [-0.3, -0.25) is 9.59 Å². The second-order valence-corrected chi connectivity index (χ2v) is 7.69. The molecule has 2 fully saturated rings. The number of Topliss-reactive ketones (excluding diaryl/α,β-unsaturated/α-hetero) is 1. The molecule has 0 aliphatic heterocycles. The van der Waals surface area contributed by atoms with Crippen LogP contribution in [0.1, 0.15) is 39.5 Å². The molecule has 21 heavy (non-hydrogen) atoms. The summed E-state index contributed by atoms with van der Waals surface area (Å²) < 4.78 is 0. The summed E-state index contributed by atoms with van der Waals surface area (Å²) >= 11 is 0. The lowest BCUT2D eigenvalue weighted by Gasteiger charge is -2.53. The van der Waals surface area contributed by atoms with E-state index < -0.39 is 0 Å². The zero-order valence-electron chi connectivity index (χ0n) is 12.8. The average Bonchev–Trinajstić information content (AvgIpc) is 2.76. The van der Waals surface area contributed by atoms with E-state index in [0.717, 1.165) is 31.3 Å². The Morgan fingerprint density at radius 2 is 1.90 bits per heavy atom. The van der Waals surface area contributed by atoms with Gasteiger partial charge < -0.3 is 0 Å². The van der Waals surface area contributed by atoms with E-state index in [9.17, 15) is 9.59 Å². The minimum absolute atomic E-state index is 0.0275. The minimum Gasteiger partial charge on any atom is -0.299 e. The van der Waals surface area contributed by atoms with Crippen LogP contribution in [0.25, 0.3) is 0 Å². The van der Waals surface area contributed by atoms with Gasteiger partial charge in [-0.15, -0.1) is 0 Å². The molecule has 0 unspecified atom stereocenters. The smallest absolute Gasteiger partial charge is 0.178 e. The van der Waals surface area contributed by atoms with Crippen LogP contribution in [0.3, 0.4) is 0 Å². The Morgan fingerprint density at radius 3 is 2.71 bits per heavy atom. The zero-order chi connectivity index (χ0) is 14.8. The van der Waals surface area contributed by atoms with Crippen molar-refractivity contribution < 1.29 is 9.59 Å². The Labute approximate surface area is 126 Å². The Balaban J connectivity index is 1.78. The van der Waals surface area contributed by atoms with Crippen LogP contribution in [-0.4, -0.2) is 11.6 Å². The molecule has 0 heterocycles. The van der Waals surface area contributed by atoms with Crippen LogP contribution in [0.5, 0.6) is 0 Å². The van der Waals surface area contributed by atoms with Gasteiger partial charge in [-0.05, 0) is 54.7 Å². The van der Waals surface area contributed by atoms with Crippen molar-refractivity contribution in [2.24, 2.45) is 28.6 Å². The normalized spacial score (nSPS) is 47.7. The number of hydrogen-bond acceptors (Lipinski definition) is 2. The number of carbonyl (C=O) groups is 2. The lowest BCUT2D eigenvalue weighted by atomic mass is 9.50. The first-order valence-electron chi connectivity index (χ1n) is 8.12. The first-order valence-corrected chi connectivity index (χ1v) is 8.12. The Kier molecular flexibility index (Phi) is 2.56. The molecule has 0 N–H and O–H groups in total. The highest BCUT2D eigenvalue weighted by Crippen LogP contribution is 2.61. The van der Waals surface area contributed by atoms with Gasteiger partial charge in [0, 0.05) is 17.3 Å². The largest absolute Gasteiger partial charge is 0.299 e. The van der Waals surface area contributed by atoms with Crippen molar-refractivity contribution in [2.75, 3.05) is 0 Å². The molecular formula is C19H22O2. The van der Waals surface area contributed by atoms with Crippen LogP contribution >= 0.6 is 0 Å². The summed E-state index contributed by atoms with van der Waals surface area (Å²) in [6.07, 6.45) is 14.0. The zero-order valence-corrected chi connectivity index (χ0v) is 12.8. The Bertz CT molecular complexity index is 623. The van der Waals surface area contributed by atoms with Crippen LogP contribution < -0.4 is 0 Å². The lowest BCUT2D eigenvalue weighted by molar-refractivity contribution is -0.130. The quantitative estimate of drug-likeness (QED) is 0.680. The van der Waals surface area contributed by atoms with Crippen molar-refractivity contribution in [3.8, 4) is 0 Å². The fourth-order valence-electron chi connectivity index (χ4n) is 5.42. The topological polar surface area (TPSA) is 34.1 Å². The molecule has 5 atom stereocenters. The monoisotopic (exact) mass is 282 g/mol. The molecule has 0 aromatic rings. The molecular weight excluding hydrogens is 260 g/mol. The molecule has 0 aromatic heterocycles. The van der Waals surface area contributed by atoms with Gasteiger partial charge in [-0.25, -0.2) is 0 Å². The number of hydrogen-bond donors (Lipinski definition) is 0. The van der Waals surface area contributed by atoms with E-state index in [2.05, 4.69) is 32.1 Å². The highest BCUT2D eigenvalue weighted by molar-refractivity contribution is 6.01. The first-order chi connectivity index (χ1) is 9.95. The van der Waals surface area contributed by atoms with E-state index in [1.54, 1.807) is 12.2 Å². The molecule has 2 heteroatoms. The third-order valence-corrected chi connectivity index (χ3v) is 6.82. The maximum Gasteiger partial charge on any atom is 0.178 e. The Morgan fingerprint density at radius 1 is 1.10 bits per heavy atom. The van der Waals surface area contributed by atoms with Gasteiger partial charge >= 0.3 is 0 Å². The van der Waals surface area contributed by atoms with Gasteiger partial charge in [0.2, 0.25) is 0 Å². The molecule has 0 bridgehead atoms. The number of carbonyl (C=O) groups excluding carboxylic acids is 2. The van der Waals surface area contributed by atoms with Crippen LogP contribution in [0.4, 0.5) is 0 Å². The summed E-state index contributed by atoms with van der Waals surface area (Å²) in [5.74, 6) is 2.07. The predicted octanol–water partition coefficient (Wildman–Crippen LogP) is 3.64. The number of ketones is 2. The number of rotatable bonds is 0. The van der Waals surface area contributed by atoms with Gasteiger partial charge in [0.15, 0.2) is 5.78 Å². The third-order valence-electron chi connectivity index (χ3n) is 6.82. The van der Waals surface area contributed by atoms with Crippen LogP contribution in [0, 0.1) is 28.6 Å². The van der Waals surface area contributed by atoms with Crippen molar-refractivity contribution in [3.63, 3.8) is 0 Å². The van der Waals surface area contributed by atoms with Crippen LogP contribution in [-0.2, 0) is 9.59 Å². The van der Waals surface area contributed by atoms with E-state index >= 15 is 0 Å². The fourth-order valence-corrected chi connectivity index (χ4v) is 5.42. The molecule has 0 spiro atoms. The molecule has 0 saturated heterocycles. The second kappa shape index (κ2) is 4.06. The number of allylic oxidation sites excluding steroid dienone is 6. The van der Waals surface area contributed by atoms with E-state index in [1.165, 1.54) is 0 Å². The summed E-state index contributed by atoms with van der Waals surface area (Å²) in [6.45, 7) is 4.45. The van der Waals surface area contributed by atoms with Crippen molar-refractivity contribution in [3.05, 3.63) is 36.0 Å². The molecule has 2 saturated carbocycles. The van der Waals surface area contributed by atoms with Crippen molar-refractivity contribution in [2.45, 2.75) is 39.5 Å². The molecule has 4 rings (SSSR count). The van der Waals surface area contributed by atoms with Crippen molar-refractivity contribution >= 4 is 11.6 Å². The SMILES string of the molecule is C[C@]12C=CC(=O)C=C1C=C[C@@H]1[C@H]2CC[C@@]2(C)C(=O)CC[C@@H]12. The maximum atomic E-state index is 12.3. The third kappa shape index (κ3) is 1.59. The van der Waals surface area contributed by atoms with Gasteiger partial charge in [0.25, 0.3) is 0 Å². The summed E-state index contributed by atoms with van der Waals surface area (Å²) in [5.41, 5.74) is 1.03. The van der Waals surface area contributed by atoms with Gasteiger partial charge in [-0.2, -0.15) is 0 Å². The molecule has 110 valence electrons. The molecule has 4 aliphatic rings. The van der Waals surface area contributed by atoms with E-state index in [1.807, 2.05) is 0 Å². The van der Waals surface area contributed by atoms with Gasteiger partial charge in [0.05, 0.1) is 0 Å². The Hall–Kier alpha value is -1.44. The van der Waals surface area contributed by atoms with Crippen molar-refractivity contribution in [1.29, 1.82) is 0 Å². The highest BCUT2D eigenvalue weighted by atomic mass is 16.1.